The molecule has 19 nitrogen and oxygen atoms in total. The minimum Gasteiger partial charge on any atom is -0.491 e. The molecule has 0 N–H and O–H groups in total. The predicted molar refractivity (Wildman–Crippen MR) is 510 cm³/mol. The molecule has 683 valence electrons. The van der Waals surface area contributed by atoms with Gasteiger partial charge in [-0.3, -0.25) is 38.4 Å². The van der Waals surface area contributed by atoms with Crippen LogP contribution < -0.4 is 4.74 Å². The molecule has 3 radical (unpaired) electrons. The standard InChI is InChI=1S/C19H18O4.C16H10O3.C16H10O2.C14H7ClO2.C14H30O4.C10H18O4.3C4H9.C2H3.CH2Cl2.B.Sn/c1-3-12(22-2)11-23-13-8-9-16-17(10-13)19(21)15-7-5-4-6-14(15)18(16)20;17-15-10-3-1-2-4-11(10)16(18)13-7-9(14-8-19-14)5-6-12(13)15;1-2-10-7-8-13-14(9-10)16(18)12-6-4-3-5-11(12)15(13)17;15-8-5-6-11-12(7-8)14(17)10-4-2-1-3-9(10)13(11)16;1-5-13(15-3)11-17-9-7-8-10-18-12-14(6-2)16-4;1(3-11-5-9-7-13-9)2-4-12-6-10-8-14-10;3*1-3-4-2;1-2;2-1-3;;/h4-10,12H,3,11H2,1-2H3;1-7,14H,8H2;2-9H,1H2;1-7H;13-14H,5-12H2,1-4H3;9-10H,1-8H2;3*1,3-4H2,2H3;1H,2H2;1H2;;. The van der Waals surface area contributed by atoms with Gasteiger partial charge in [0.05, 0.1) is 69.9 Å². The molecule has 3 heterocycles. The van der Waals surface area contributed by atoms with Crippen molar-refractivity contribution in [2.45, 2.75) is 175 Å². The van der Waals surface area contributed by atoms with Crippen molar-refractivity contribution in [1.29, 1.82) is 0 Å². The fraction of sp³-hybridized carbons (Fsp3) is 0.423. The molecule has 3 aliphatic heterocycles. The summed E-state index contributed by atoms with van der Waals surface area (Å²) in [6.45, 7) is 30.0. The van der Waals surface area contributed by atoms with Gasteiger partial charge in [0.15, 0.2) is 46.3 Å². The van der Waals surface area contributed by atoms with Crippen LogP contribution in [0.1, 0.15) is 270 Å². The number of alkyl halides is 2. The molecule has 0 saturated carbocycles. The first-order valence-corrected chi connectivity index (χ1v) is 53.6. The molecular weight excluding hydrogens is 1790 g/mol. The van der Waals surface area contributed by atoms with Crippen LogP contribution in [-0.4, -0.2) is 210 Å². The molecular formula is C104H125BCl3O19Sn. The van der Waals surface area contributed by atoms with Crippen LogP contribution in [0, 0.1) is 0 Å². The molecule has 0 amide bonds. The number of methoxy groups -OCH3 is 3. The van der Waals surface area contributed by atoms with Crippen LogP contribution >= 0.6 is 34.8 Å². The van der Waals surface area contributed by atoms with Gasteiger partial charge in [-0.2, -0.15) is 0 Å². The van der Waals surface area contributed by atoms with E-state index >= 15 is 0 Å². The number of carbonyl (C=O) groups is 8. The topological polar surface area (TPSA) is 248 Å². The number of fused-ring (bicyclic) bond motifs is 8. The van der Waals surface area contributed by atoms with Crippen LogP contribution in [0.5, 0.6) is 5.75 Å². The van der Waals surface area contributed by atoms with Gasteiger partial charge < -0.3 is 52.1 Å². The number of hydrogen-bond acceptors (Lipinski definition) is 19. The molecule has 8 aromatic rings. The quantitative estimate of drug-likeness (QED) is 0.0150. The average molecular weight is 1920 g/mol. The number of epoxide rings is 3. The molecule has 0 bridgehead atoms. The van der Waals surface area contributed by atoms with Crippen molar-refractivity contribution >= 4 is 114 Å². The van der Waals surface area contributed by atoms with Gasteiger partial charge >= 0.3 is 102 Å². The summed E-state index contributed by atoms with van der Waals surface area (Å²) >= 11 is 13.5. The summed E-state index contributed by atoms with van der Waals surface area (Å²) in [5.74, 6) is -0.283. The Labute approximate surface area is 777 Å². The summed E-state index contributed by atoms with van der Waals surface area (Å²) in [5, 5.41) is 0.657. The monoisotopic (exact) mass is 1910 g/mol. The van der Waals surface area contributed by atoms with E-state index in [0.717, 1.165) is 109 Å². The summed E-state index contributed by atoms with van der Waals surface area (Å²) in [4.78, 5) is 98.9. The zero-order valence-corrected chi connectivity index (χ0v) is 80.8. The second kappa shape index (κ2) is 57.1. The molecule has 24 heteroatoms. The van der Waals surface area contributed by atoms with Gasteiger partial charge in [-0.15, -0.1) is 23.2 Å². The van der Waals surface area contributed by atoms with Gasteiger partial charge in [0.25, 0.3) is 0 Å². The van der Waals surface area contributed by atoms with Gasteiger partial charge in [0.1, 0.15) is 30.7 Å². The Morgan fingerprint density at radius 1 is 0.383 bits per heavy atom. The van der Waals surface area contributed by atoms with Crippen molar-refractivity contribution < 1.29 is 90.5 Å². The van der Waals surface area contributed by atoms with Crippen molar-refractivity contribution in [3.8, 4) is 5.75 Å². The molecule has 6 atom stereocenters. The Morgan fingerprint density at radius 3 is 1.02 bits per heavy atom. The van der Waals surface area contributed by atoms with E-state index in [1.165, 1.54) is 38.5 Å². The Kier molecular flexibility index (Phi) is 47.7. The van der Waals surface area contributed by atoms with E-state index in [4.69, 9.17) is 86.9 Å². The second-order valence-corrected chi connectivity index (χ2v) is 46.0. The molecule has 8 aromatic carbocycles. The first-order valence-electron chi connectivity index (χ1n) is 44.4. The molecule has 0 spiro atoms. The predicted octanol–water partition coefficient (Wildman–Crippen LogP) is 21.9. The van der Waals surface area contributed by atoms with E-state index in [9.17, 15) is 38.4 Å². The normalized spacial score (nSPS) is 15.8. The number of ketones is 8. The van der Waals surface area contributed by atoms with Crippen LogP contribution in [-0.2, 0) is 47.4 Å². The average Bonchev–Trinajstić information content (AvgIpc) is 1.44. The van der Waals surface area contributed by atoms with Crippen LogP contribution in [0.15, 0.2) is 187 Å². The number of hydrogen-bond donors (Lipinski definition) is 0. The smallest absolute Gasteiger partial charge is 0.194 e. The van der Waals surface area contributed by atoms with Crippen molar-refractivity contribution in [2.24, 2.45) is 0 Å². The Hall–Kier alpha value is -8.27. The molecule has 128 heavy (non-hydrogen) atoms. The fourth-order valence-electron chi connectivity index (χ4n) is 14.6. The third kappa shape index (κ3) is 32.1. The number of rotatable bonds is 39. The Bertz CT molecular complexity index is 4870. The molecule has 4 aliphatic carbocycles. The maximum Gasteiger partial charge on any atom is 0.194 e. The van der Waals surface area contributed by atoms with Crippen LogP contribution in [0.25, 0.3) is 6.08 Å². The van der Waals surface area contributed by atoms with Crippen molar-refractivity contribution in [3.05, 3.63) is 292 Å². The van der Waals surface area contributed by atoms with Gasteiger partial charge in [-0.25, -0.2) is 0 Å². The first-order chi connectivity index (χ1) is 61.7. The van der Waals surface area contributed by atoms with Crippen molar-refractivity contribution in [1.82, 2.24) is 0 Å². The Balaban J connectivity index is 0.000000204. The Morgan fingerprint density at radius 2 is 0.688 bits per heavy atom. The number of benzene rings is 8. The van der Waals surface area contributed by atoms with Crippen LogP contribution in [0.3, 0.4) is 0 Å². The minimum atomic E-state index is -1.85. The van der Waals surface area contributed by atoms with Crippen molar-refractivity contribution in [3.63, 3.8) is 0 Å². The first kappa shape index (κ1) is 107. The van der Waals surface area contributed by atoms with Gasteiger partial charge in [0, 0.05) is 150 Å². The summed E-state index contributed by atoms with van der Waals surface area (Å²) in [7, 11) is 5.10. The molecule has 3 fully saturated rings. The van der Waals surface area contributed by atoms with E-state index in [1.807, 2.05) is 13.0 Å². The molecule has 3 saturated heterocycles. The molecule has 15 rings (SSSR count). The second-order valence-electron chi connectivity index (χ2n) is 31.6. The van der Waals surface area contributed by atoms with E-state index in [0.29, 0.717) is 138 Å². The number of carbonyl (C=O) groups excluding carboxylic acids is 8. The SMILES string of the molecule is C(CCOCC1CO1)COCC1CO1.C=Cc1ccc2c(c1)C(=O)c1ccccc1C2=O.C=[CH][Sn]([CH2]CCC)([CH2]CCC)[CH2]CCC.CCC(COCCCCOCC(CC)OC)OC.CCC(COc1ccc2c(c1)C(=O)c1ccccc1C2=O)OC.ClCCl.O=C1c2ccccc2C(=O)c2cc(C3CO3)ccc21.O=C1c2ccccc2C(=O)c2cc(Cl)ccc21.[B]. The largest absolute Gasteiger partial charge is 0.491 e. The van der Waals surface area contributed by atoms with E-state index in [2.05, 4.69) is 51.9 Å². The fourth-order valence-corrected chi connectivity index (χ4v) is 27.7. The van der Waals surface area contributed by atoms with Crippen LogP contribution in [0.2, 0.25) is 18.3 Å². The number of halogens is 3. The van der Waals surface area contributed by atoms with E-state index in [1.54, 1.807) is 205 Å². The van der Waals surface area contributed by atoms with Gasteiger partial charge in [0.2, 0.25) is 0 Å². The maximum absolute atomic E-state index is 12.6. The summed E-state index contributed by atoms with van der Waals surface area (Å²) < 4.78 is 65.7. The zero-order chi connectivity index (χ0) is 91.6. The molecule has 6 unspecified atom stereocenters. The third-order valence-electron chi connectivity index (χ3n) is 22.6. The van der Waals surface area contributed by atoms with E-state index in [-0.39, 0.29) is 84.4 Å². The van der Waals surface area contributed by atoms with E-state index < -0.39 is 18.4 Å². The number of ether oxygens (including phenoxy) is 11. The zero-order valence-electron chi connectivity index (χ0n) is 75.7. The van der Waals surface area contributed by atoms with Crippen molar-refractivity contribution in [2.75, 3.05) is 106 Å². The van der Waals surface area contributed by atoms with Gasteiger partial charge in [-0.05, 0) is 117 Å². The van der Waals surface area contributed by atoms with Crippen LogP contribution in [0.4, 0.5) is 0 Å². The summed E-state index contributed by atoms with van der Waals surface area (Å²) in [5.41, 5.74) is 9.19. The molecule has 7 aliphatic rings. The third-order valence-corrected chi connectivity index (χ3v) is 36.9. The number of unbranched alkanes of at least 4 members (excludes halogenated alkanes) is 5. The molecule has 0 aromatic heterocycles. The summed E-state index contributed by atoms with van der Waals surface area (Å²) in [6, 6.07) is 48.1. The van der Waals surface area contributed by atoms with Gasteiger partial charge in [-0.1, -0.05) is 154 Å². The maximum atomic E-state index is 12.6. The minimum absolute atomic E-state index is 0. The summed E-state index contributed by atoms with van der Waals surface area (Å²) in [6.07, 6.45) is 18.5.